The fourth-order valence-electron chi connectivity index (χ4n) is 1.47. The molecule has 5 nitrogen and oxygen atoms in total. The van der Waals surface area contributed by atoms with Gasteiger partial charge in [-0.15, -0.1) is 0 Å². The highest BCUT2D eigenvalue weighted by Crippen LogP contribution is 2.21. The predicted molar refractivity (Wildman–Crippen MR) is 74.0 cm³/mol. The summed E-state index contributed by atoms with van der Waals surface area (Å²) in [6, 6.07) is 5.01. The van der Waals surface area contributed by atoms with Gasteiger partial charge in [-0.2, -0.15) is 0 Å². The van der Waals surface area contributed by atoms with Crippen molar-refractivity contribution in [2.24, 2.45) is 5.14 Å². The normalized spacial score (nSPS) is 11.3. The summed E-state index contributed by atoms with van der Waals surface area (Å²) in [7, 11) is -3.93. The van der Waals surface area contributed by atoms with E-state index in [1.807, 2.05) is 0 Å². The van der Waals surface area contributed by atoms with Gasteiger partial charge in [0.25, 0.3) is 0 Å². The van der Waals surface area contributed by atoms with Gasteiger partial charge in [-0.3, -0.25) is 4.98 Å². The summed E-state index contributed by atoms with van der Waals surface area (Å²) in [5, 5.41) is 4.91. The number of rotatable bonds is 4. The van der Waals surface area contributed by atoms with Crippen LogP contribution in [-0.2, 0) is 16.6 Å². The number of sulfonamides is 1. The Hall–Kier alpha value is -1.51. The van der Waals surface area contributed by atoms with Crippen molar-refractivity contribution in [2.75, 3.05) is 0 Å². The molecule has 0 fully saturated rings. The summed E-state index contributed by atoms with van der Waals surface area (Å²) in [6.45, 7) is 0.109. The lowest BCUT2D eigenvalue weighted by atomic mass is 10.3. The van der Waals surface area contributed by atoms with Gasteiger partial charge in [0.2, 0.25) is 10.0 Å². The maximum absolute atomic E-state index is 13.7. The summed E-state index contributed by atoms with van der Waals surface area (Å²) in [6.07, 6.45) is 3.20. The van der Waals surface area contributed by atoms with Crippen molar-refractivity contribution in [3.05, 3.63) is 52.5 Å². The SMILES string of the molecule is NS(=O)(=O)c1ccc(OCc2cncc(Br)c2)c(F)c1. The summed E-state index contributed by atoms with van der Waals surface area (Å²) in [5.74, 6) is -0.850. The zero-order valence-electron chi connectivity index (χ0n) is 10.1. The summed E-state index contributed by atoms with van der Waals surface area (Å²) in [5.41, 5.74) is 0.745. The molecule has 2 N–H and O–H groups in total. The van der Waals surface area contributed by atoms with Crippen LogP contribution in [0.1, 0.15) is 5.56 Å². The van der Waals surface area contributed by atoms with Crippen molar-refractivity contribution in [3.8, 4) is 5.75 Å². The van der Waals surface area contributed by atoms with E-state index in [1.54, 1.807) is 18.5 Å². The van der Waals surface area contributed by atoms with E-state index >= 15 is 0 Å². The van der Waals surface area contributed by atoms with Gasteiger partial charge in [0, 0.05) is 22.4 Å². The minimum atomic E-state index is -3.93. The van der Waals surface area contributed by atoms with Crippen LogP contribution in [-0.4, -0.2) is 13.4 Å². The number of benzene rings is 1. The van der Waals surface area contributed by atoms with Crippen LogP contribution >= 0.6 is 15.9 Å². The molecule has 0 saturated heterocycles. The van der Waals surface area contributed by atoms with Crippen molar-refractivity contribution in [1.29, 1.82) is 0 Å². The van der Waals surface area contributed by atoms with Crippen LogP contribution in [0, 0.1) is 5.82 Å². The molecule has 0 aliphatic rings. The zero-order chi connectivity index (χ0) is 14.8. The Labute approximate surface area is 123 Å². The van der Waals surface area contributed by atoms with Crippen LogP contribution in [0.2, 0.25) is 0 Å². The van der Waals surface area contributed by atoms with E-state index in [1.165, 1.54) is 12.1 Å². The van der Waals surface area contributed by atoms with Gasteiger partial charge in [-0.05, 0) is 40.2 Å². The molecule has 1 aromatic carbocycles. The van der Waals surface area contributed by atoms with Crippen LogP contribution in [0.3, 0.4) is 0 Å². The first-order valence-electron chi connectivity index (χ1n) is 5.41. The molecule has 0 spiro atoms. The Morgan fingerprint density at radius 1 is 1.30 bits per heavy atom. The molecular formula is C12H10BrFN2O3S. The second-order valence-electron chi connectivity index (χ2n) is 3.94. The molecule has 0 saturated carbocycles. The maximum Gasteiger partial charge on any atom is 0.238 e. The van der Waals surface area contributed by atoms with Gasteiger partial charge in [0.1, 0.15) is 6.61 Å². The van der Waals surface area contributed by atoms with Gasteiger partial charge in [0.05, 0.1) is 4.90 Å². The van der Waals surface area contributed by atoms with Crippen LogP contribution in [0.4, 0.5) is 4.39 Å². The Morgan fingerprint density at radius 2 is 2.05 bits per heavy atom. The van der Waals surface area contributed by atoms with E-state index in [4.69, 9.17) is 9.88 Å². The second kappa shape index (κ2) is 5.86. The van der Waals surface area contributed by atoms with E-state index in [2.05, 4.69) is 20.9 Å². The fourth-order valence-corrected chi connectivity index (χ4v) is 2.41. The third kappa shape index (κ3) is 3.75. The molecule has 0 radical (unpaired) electrons. The van der Waals surface area contributed by atoms with Gasteiger partial charge in [-0.1, -0.05) is 0 Å². The molecule has 106 valence electrons. The van der Waals surface area contributed by atoms with E-state index in [-0.39, 0.29) is 17.3 Å². The lowest BCUT2D eigenvalue weighted by Gasteiger charge is -2.08. The molecule has 1 heterocycles. The number of hydrogen-bond acceptors (Lipinski definition) is 4. The standard InChI is InChI=1S/C12H10BrFN2O3S/c13-9-3-8(5-16-6-9)7-19-12-2-1-10(4-11(12)14)20(15,17)18/h1-6H,7H2,(H2,15,17,18). The van der Waals surface area contributed by atoms with Crippen LogP contribution in [0.25, 0.3) is 0 Å². The number of hydrogen-bond donors (Lipinski definition) is 1. The lowest BCUT2D eigenvalue weighted by molar-refractivity contribution is 0.289. The Morgan fingerprint density at radius 3 is 2.65 bits per heavy atom. The molecule has 0 aliphatic carbocycles. The van der Waals surface area contributed by atoms with Crippen molar-refractivity contribution < 1.29 is 17.5 Å². The van der Waals surface area contributed by atoms with E-state index in [0.29, 0.717) is 0 Å². The topological polar surface area (TPSA) is 82.3 Å². The predicted octanol–water partition coefficient (Wildman–Crippen LogP) is 2.21. The zero-order valence-corrected chi connectivity index (χ0v) is 12.5. The first-order chi connectivity index (χ1) is 9.36. The van der Waals surface area contributed by atoms with Crippen molar-refractivity contribution in [1.82, 2.24) is 4.98 Å². The largest absolute Gasteiger partial charge is 0.486 e. The van der Waals surface area contributed by atoms with Crippen LogP contribution < -0.4 is 9.88 Å². The number of ether oxygens (including phenoxy) is 1. The first-order valence-corrected chi connectivity index (χ1v) is 7.75. The number of primary sulfonamides is 1. The maximum atomic E-state index is 13.7. The molecule has 8 heteroatoms. The summed E-state index contributed by atoms with van der Waals surface area (Å²) < 4.78 is 41.9. The third-order valence-electron chi connectivity index (χ3n) is 2.39. The number of halogens is 2. The lowest BCUT2D eigenvalue weighted by Crippen LogP contribution is -2.12. The third-order valence-corrected chi connectivity index (χ3v) is 3.73. The molecule has 2 aromatic rings. The van der Waals surface area contributed by atoms with Gasteiger partial charge in [0.15, 0.2) is 11.6 Å². The molecule has 20 heavy (non-hydrogen) atoms. The highest BCUT2D eigenvalue weighted by atomic mass is 79.9. The second-order valence-corrected chi connectivity index (χ2v) is 6.41. The highest BCUT2D eigenvalue weighted by molar-refractivity contribution is 9.10. The van der Waals surface area contributed by atoms with Crippen molar-refractivity contribution >= 4 is 26.0 Å². The Balaban J connectivity index is 2.15. The molecule has 1 aromatic heterocycles. The van der Waals surface area contributed by atoms with E-state index in [0.717, 1.165) is 16.1 Å². The monoisotopic (exact) mass is 360 g/mol. The molecule has 0 atom stereocenters. The van der Waals surface area contributed by atoms with Gasteiger partial charge in [-0.25, -0.2) is 17.9 Å². The quantitative estimate of drug-likeness (QED) is 0.905. The molecule has 0 bridgehead atoms. The van der Waals surface area contributed by atoms with Crippen molar-refractivity contribution in [3.63, 3.8) is 0 Å². The van der Waals surface area contributed by atoms with Crippen LogP contribution in [0.15, 0.2) is 46.0 Å². The van der Waals surface area contributed by atoms with Crippen LogP contribution in [0.5, 0.6) is 5.75 Å². The average Bonchev–Trinajstić information content (AvgIpc) is 2.36. The summed E-state index contributed by atoms with van der Waals surface area (Å²) >= 11 is 3.26. The molecule has 0 aliphatic heterocycles. The number of pyridine rings is 1. The van der Waals surface area contributed by atoms with Gasteiger partial charge >= 0.3 is 0 Å². The number of aromatic nitrogens is 1. The van der Waals surface area contributed by atoms with Gasteiger partial charge < -0.3 is 4.74 Å². The first kappa shape index (κ1) is 14.9. The molecular weight excluding hydrogens is 351 g/mol. The smallest absolute Gasteiger partial charge is 0.238 e. The molecule has 0 amide bonds. The average molecular weight is 361 g/mol. The van der Waals surface area contributed by atoms with Crippen molar-refractivity contribution in [2.45, 2.75) is 11.5 Å². The van der Waals surface area contributed by atoms with E-state index in [9.17, 15) is 12.8 Å². The Bertz CT molecular complexity index is 737. The highest BCUT2D eigenvalue weighted by Gasteiger charge is 2.12. The molecule has 2 rings (SSSR count). The Kier molecular flexibility index (Phi) is 4.36. The summed E-state index contributed by atoms with van der Waals surface area (Å²) in [4.78, 5) is 3.65. The molecule has 0 unspecified atom stereocenters. The number of nitrogens with zero attached hydrogens (tertiary/aromatic N) is 1. The fraction of sp³-hybridized carbons (Fsp3) is 0.0833. The minimum Gasteiger partial charge on any atom is -0.486 e. The minimum absolute atomic E-state index is 0.0580. The number of nitrogens with two attached hydrogens (primary N) is 1. The van der Waals surface area contributed by atoms with E-state index < -0.39 is 15.8 Å².